The first-order valence-electron chi connectivity index (χ1n) is 6.79. The molecule has 2 aromatic carbocycles. The molecule has 2 aromatic rings. The molecule has 0 heterocycles. The quantitative estimate of drug-likeness (QED) is 0.854. The fourth-order valence-electron chi connectivity index (χ4n) is 2.08. The Labute approximate surface area is 118 Å². The van der Waals surface area contributed by atoms with Gasteiger partial charge in [0.2, 0.25) is 0 Å². The van der Waals surface area contributed by atoms with Gasteiger partial charge in [-0.25, -0.2) is 8.78 Å². The molecule has 0 amide bonds. The van der Waals surface area contributed by atoms with Crippen molar-refractivity contribution in [3.8, 4) is 0 Å². The van der Waals surface area contributed by atoms with Gasteiger partial charge in [0.05, 0.1) is 0 Å². The molecule has 3 heteroatoms. The maximum Gasteiger partial charge on any atom is 0.126 e. The predicted molar refractivity (Wildman–Crippen MR) is 77.4 cm³/mol. The Kier molecular flexibility index (Phi) is 4.85. The second-order valence-electron chi connectivity index (χ2n) is 5.28. The fraction of sp³-hybridized carbons (Fsp3) is 0.294. The van der Waals surface area contributed by atoms with E-state index < -0.39 is 11.6 Å². The first-order chi connectivity index (χ1) is 9.54. The van der Waals surface area contributed by atoms with Gasteiger partial charge in [0, 0.05) is 19.2 Å². The van der Waals surface area contributed by atoms with E-state index in [-0.39, 0.29) is 0 Å². The van der Waals surface area contributed by atoms with Crippen molar-refractivity contribution in [1.29, 1.82) is 0 Å². The van der Waals surface area contributed by atoms with Crippen molar-refractivity contribution in [2.45, 2.75) is 32.9 Å². The van der Waals surface area contributed by atoms with Gasteiger partial charge in [-0.2, -0.15) is 0 Å². The molecule has 0 unspecified atom stereocenters. The van der Waals surface area contributed by atoms with Crippen LogP contribution in [0.3, 0.4) is 0 Å². The van der Waals surface area contributed by atoms with Gasteiger partial charge >= 0.3 is 0 Å². The van der Waals surface area contributed by atoms with E-state index in [4.69, 9.17) is 0 Å². The largest absolute Gasteiger partial charge is 0.309 e. The summed E-state index contributed by atoms with van der Waals surface area (Å²) < 4.78 is 26.1. The van der Waals surface area contributed by atoms with Crippen LogP contribution >= 0.6 is 0 Å². The molecular formula is C17H19F2N. The molecule has 2 rings (SSSR count). The van der Waals surface area contributed by atoms with Crippen molar-refractivity contribution in [3.05, 3.63) is 70.8 Å². The highest BCUT2D eigenvalue weighted by atomic mass is 19.1. The third-order valence-electron chi connectivity index (χ3n) is 3.23. The molecular weight excluding hydrogens is 256 g/mol. The lowest BCUT2D eigenvalue weighted by molar-refractivity contribution is 0.575. The van der Waals surface area contributed by atoms with E-state index >= 15 is 0 Å². The van der Waals surface area contributed by atoms with Crippen LogP contribution < -0.4 is 5.32 Å². The SMILES string of the molecule is CC(C)c1ccc(CNCc2cc(F)cc(F)c2)cc1. The van der Waals surface area contributed by atoms with Gasteiger partial charge in [-0.1, -0.05) is 38.1 Å². The molecule has 0 aromatic heterocycles. The van der Waals surface area contributed by atoms with Crippen LogP contribution in [0.2, 0.25) is 0 Å². The van der Waals surface area contributed by atoms with Gasteiger partial charge < -0.3 is 5.32 Å². The van der Waals surface area contributed by atoms with Gasteiger partial charge in [0.25, 0.3) is 0 Å². The molecule has 0 spiro atoms. The summed E-state index contributed by atoms with van der Waals surface area (Å²) in [4.78, 5) is 0. The summed E-state index contributed by atoms with van der Waals surface area (Å²) in [6.07, 6.45) is 0. The van der Waals surface area contributed by atoms with Crippen LogP contribution in [-0.2, 0) is 13.1 Å². The van der Waals surface area contributed by atoms with Crippen LogP contribution in [0.25, 0.3) is 0 Å². The normalized spacial score (nSPS) is 11.1. The summed E-state index contributed by atoms with van der Waals surface area (Å²) in [7, 11) is 0. The molecule has 0 saturated carbocycles. The molecule has 20 heavy (non-hydrogen) atoms. The summed E-state index contributed by atoms with van der Waals surface area (Å²) in [5.74, 6) is -0.557. The molecule has 0 aliphatic rings. The lowest BCUT2D eigenvalue weighted by Crippen LogP contribution is -2.13. The smallest absolute Gasteiger partial charge is 0.126 e. The minimum Gasteiger partial charge on any atom is -0.309 e. The lowest BCUT2D eigenvalue weighted by atomic mass is 10.0. The molecule has 1 N–H and O–H groups in total. The monoisotopic (exact) mass is 275 g/mol. The highest BCUT2D eigenvalue weighted by Crippen LogP contribution is 2.14. The first kappa shape index (κ1) is 14.7. The molecule has 0 aliphatic carbocycles. The van der Waals surface area contributed by atoms with Gasteiger partial charge in [-0.05, 0) is 34.7 Å². The number of hydrogen-bond donors (Lipinski definition) is 1. The van der Waals surface area contributed by atoms with Crippen molar-refractivity contribution in [2.75, 3.05) is 0 Å². The number of halogens is 2. The second-order valence-corrected chi connectivity index (χ2v) is 5.28. The summed E-state index contributed by atoms with van der Waals surface area (Å²) in [5, 5.41) is 3.19. The molecule has 0 atom stereocenters. The first-order valence-corrected chi connectivity index (χ1v) is 6.79. The van der Waals surface area contributed by atoms with Crippen LogP contribution in [-0.4, -0.2) is 0 Å². The molecule has 0 aliphatic heterocycles. The predicted octanol–water partition coefficient (Wildman–Crippen LogP) is 4.38. The van der Waals surface area contributed by atoms with Crippen LogP contribution in [0.4, 0.5) is 8.78 Å². The minimum atomic E-state index is -0.539. The third-order valence-corrected chi connectivity index (χ3v) is 3.23. The Balaban J connectivity index is 1.89. The molecule has 0 radical (unpaired) electrons. The van der Waals surface area contributed by atoms with E-state index in [1.807, 2.05) is 0 Å². The zero-order valence-electron chi connectivity index (χ0n) is 11.8. The average Bonchev–Trinajstić information content (AvgIpc) is 2.38. The van der Waals surface area contributed by atoms with Crippen molar-refractivity contribution >= 4 is 0 Å². The van der Waals surface area contributed by atoms with E-state index in [2.05, 4.69) is 43.4 Å². The molecule has 0 bridgehead atoms. The Hall–Kier alpha value is -1.74. The van der Waals surface area contributed by atoms with Gasteiger partial charge in [0.15, 0.2) is 0 Å². The van der Waals surface area contributed by atoms with Crippen LogP contribution in [0, 0.1) is 11.6 Å². The third kappa shape index (κ3) is 4.14. The van der Waals surface area contributed by atoms with Crippen molar-refractivity contribution < 1.29 is 8.78 Å². The highest BCUT2D eigenvalue weighted by Gasteiger charge is 2.01. The minimum absolute atomic E-state index is 0.445. The van der Waals surface area contributed by atoms with Gasteiger partial charge in [-0.15, -0.1) is 0 Å². The van der Waals surface area contributed by atoms with E-state index in [9.17, 15) is 8.78 Å². The van der Waals surface area contributed by atoms with E-state index in [0.29, 0.717) is 24.6 Å². The van der Waals surface area contributed by atoms with E-state index in [1.54, 1.807) is 0 Å². The zero-order chi connectivity index (χ0) is 14.5. The Morgan fingerprint density at radius 1 is 0.850 bits per heavy atom. The van der Waals surface area contributed by atoms with Crippen LogP contribution in [0.1, 0.15) is 36.5 Å². The summed E-state index contributed by atoms with van der Waals surface area (Å²) in [6.45, 7) is 5.44. The van der Waals surface area contributed by atoms with Crippen LogP contribution in [0.15, 0.2) is 42.5 Å². The highest BCUT2D eigenvalue weighted by molar-refractivity contribution is 5.24. The van der Waals surface area contributed by atoms with E-state index in [1.165, 1.54) is 17.7 Å². The summed E-state index contributed by atoms with van der Waals surface area (Å²) in [6, 6.07) is 12.0. The topological polar surface area (TPSA) is 12.0 Å². The molecule has 106 valence electrons. The zero-order valence-corrected chi connectivity index (χ0v) is 11.8. The van der Waals surface area contributed by atoms with Crippen LogP contribution in [0.5, 0.6) is 0 Å². The molecule has 0 saturated heterocycles. The lowest BCUT2D eigenvalue weighted by Gasteiger charge is -2.08. The number of hydrogen-bond acceptors (Lipinski definition) is 1. The van der Waals surface area contributed by atoms with Crippen molar-refractivity contribution in [3.63, 3.8) is 0 Å². The maximum atomic E-state index is 13.0. The number of rotatable bonds is 5. The van der Waals surface area contributed by atoms with Gasteiger partial charge in [-0.3, -0.25) is 0 Å². The number of nitrogens with one attached hydrogen (secondary N) is 1. The summed E-state index contributed by atoms with van der Waals surface area (Å²) >= 11 is 0. The molecule has 1 nitrogen and oxygen atoms in total. The number of benzene rings is 2. The fourth-order valence-corrected chi connectivity index (χ4v) is 2.08. The maximum absolute atomic E-state index is 13.0. The van der Waals surface area contributed by atoms with E-state index in [0.717, 1.165) is 11.6 Å². The Bertz CT molecular complexity index is 541. The second kappa shape index (κ2) is 6.62. The van der Waals surface area contributed by atoms with Crippen molar-refractivity contribution in [1.82, 2.24) is 5.32 Å². The standard InChI is InChI=1S/C17H19F2N/c1-12(2)15-5-3-13(4-6-15)10-20-11-14-7-16(18)9-17(19)8-14/h3-9,12,20H,10-11H2,1-2H3. The summed E-state index contributed by atoms with van der Waals surface area (Å²) in [5.41, 5.74) is 3.08. The average molecular weight is 275 g/mol. The Morgan fingerprint density at radius 2 is 1.40 bits per heavy atom. The van der Waals surface area contributed by atoms with Crippen molar-refractivity contribution in [2.24, 2.45) is 0 Å². The molecule has 0 fully saturated rings. The van der Waals surface area contributed by atoms with Gasteiger partial charge in [0.1, 0.15) is 11.6 Å². The Morgan fingerprint density at radius 3 is 1.95 bits per heavy atom.